The van der Waals surface area contributed by atoms with Crippen LogP contribution in [0.25, 0.3) is 0 Å². The van der Waals surface area contributed by atoms with E-state index in [4.69, 9.17) is 4.74 Å². The summed E-state index contributed by atoms with van der Waals surface area (Å²) in [4.78, 5) is 17.3. The number of nitrogens with zero attached hydrogens (tertiary/aromatic N) is 2. The number of likely N-dealkylation sites (N-methyl/N-ethyl adjacent to an activating group) is 1. The molecule has 1 aromatic heterocycles. The summed E-state index contributed by atoms with van der Waals surface area (Å²) in [6.45, 7) is 1.27. The fourth-order valence-electron chi connectivity index (χ4n) is 1.26. The van der Waals surface area contributed by atoms with Crippen LogP contribution >= 0.6 is 0 Å². The van der Waals surface area contributed by atoms with Crippen molar-refractivity contribution in [2.24, 2.45) is 0 Å². The molecule has 2 rings (SSSR count). The molecule has 2 heterocycles. The lowest BCUT2D eigenvalue weighted by Gasteiger charge is -2.34. The Morgan fingerprint density at radius 1 is 1.71 bits per heavy atom. The quantitative estimate of drug-likeness (QED) is 0.677. The highest BCUT2D eigenvalue weighted by atomic mass is 16.5. The summed E-state index contributed by atoms with van der Waals surface area (Å²) in [7, 11) is 1.78. The summed E-state index contributed by atoms with van der Waals surface area (Å²) in [5, 5.41) is 0. The van der Waals surface area contributed by atoms with Gasteiger partial charge in [-0.1, -0.05) is 0 Å². The van der Waals surface area contributed by atoms with Crippen molar-refractivity contribution < 1.29 is 9.53 Å². The van der Waals surface area contributed by atoms with Gasteiger partial charge in [0.2, 0.25) is 0 Å². The standard InChI is InChI=1S/C10H11N2O2/c1-12(9-6-14-7-9)10(13)8-3-2-4-11-5-8/h2-3,5,9H,6-7H2,1H3. The number of aromatic nitrogens is 1. The molecule has 0 atom stereocenters. The molecule has 1 aliphatic heterocycles. The average Bonchev–Trinajstić information content (AvgIpc) is 2.15. The van der Waals surface area contributed by atoms with Crippen molar-refractivity contribution in [3.63, 3.8) is 0 Å². The molecule has 1 saturated heterocycles. The van der Waals surface area contributed by atoms with Crippen LogP contribution in [0.1, 0.15) is 10.4 Å². The highest BCUT2D eigenvalue weighted by Gasteiger charge is 2.27. The molecule has 1 amide bonds. The van der Waals surface area contributed by atoms with Gasteiger partial charge in [-0.25, -0.2) is 0 Å². The fraction of sp³-hybridized carbons (Fsp3) is 0.400. The summed E-state index contributed by atoms with van der Waals surface area (Å²) in [5.41, 5.74) is 0.596. The van der Waals surface area contributed by atoms with Crippen LogP contribution in [0, 0.1) is 6.20 Å². The minimum absolute atomic E-state index is 0.0141. The smallest absolute Gasteiger partial charge is 0.255 e. The molecule has 1 fully saturated rings. The molecule has 0 spiro atoms. The van der Waals surface area contributed by atoms with Crippen molar-refractivity contribution in [1.82, 2.24) is 9.88 Å². The Morgan fingerprint density at radius 2 is 2.50 bits per heavy atom. The van der Waals surface area contributed by atoms with Crippen LogP contribution in [0.3, 0.4) is 0 Å². The van der Waals surface area contributed by atoms with E-state index in [9.17, 15) is 4.79 Å². The zero-order valence-electron chi connectivity index (χ0n) is 7.93. The van der Waals surface area contributed by atoms with E-state index < -0.39 is 0 Å². The molecule has 4 nitrogen and oxygen atoms in total. The van der Waals surface area contributed by atoms with Gasteiger partial charge in [0, 0.05) is 13.2 Å². The van der Waals surface area contributed by atoms with Gasteiger partial charge in [-0.2, -0.15) is 0 Å². The molecule has 0 saturated carbocycles. The van der Waals surface area contributed by atoms with Gasteiger partial charge in [-0.15, -0.1) is 0 Å². The Morgan fingerprint density at radius 3 is 3.00 bits per heavy atom. The van der Waals surface area contributed by atoms with Crippen LogP contribution < -0.4 is 0 Å². The lowest BCUT2D eigenvalue weighted by Crippen LogP contribution is -2.49. The van der Waals surface area contributed by atoms with Crippen LogP contribution in [-0.4, -0.2) is 42.1 Å². The van der Waals surface area contributed by atoms with Gasteiger partial charge in [0.15, 0.2) is 0 Å². The molecule has 4 heteroatoms. The van der Waals surface area contributed by atoms with Crippen molar-refractivity contribution in [2.45, 2.75) is 6.04 Å². The van der Waals surface area contributed by atoms with E-state index in [-0.39, 0.29) is 11.9 Å². The molecule has 0 bridgehead atoms. The minimum Gasteiger partial charge on any atom is -0.377 e. The minimum atomic E-state index is -0.0141. The zero-order valence-corrected chi connectivity index (χ0v) is 7.93. The maximum atomic E-state index is 11.8. The molecule has 73 valence electrons. The number of hydrogen-bond acceptors (Lipinski definition) is 3. The first-order valence-corrected chi connectivity index (χ1v) is 4.46. The van der Waals surface area contributed by atoms with E-state index in [0.29, 0.717) is 18.8 Å². The van der Waals surface area contributed by atoms with Crippen molar-refractivity contribution in [2.75, 3.05) is 20.3 Å². The molecular formula is C10H11N2O2. The second kappa shape index (κ2) is 3.75. The number of carbonyl (C=O) groups is 1. The SMILES string of the molecule is CN(C(=O)c1cc[c]nc1)C1COC1. The maximum Gasteiger partial charge on any atom is 0.255 e. The molecule has 1 radical (unpaired) electrons. The maximum absolute atomic E-state index is 11.8. The van der Waals surface area contributed by atoms with Crippen molar-refractivity contribution in [3.05, 3.63) is 30.1 Å². The Kier molecular flexibility index (Phi) is 2.45. The third-order valence-electron chi connectivity index (χ3n) is 2.35. The molecule has 0 aliphatic carbocycles. The average molecular weight is 191 g/mol. The first-order chi connectivity index (χ1) is 6.79. The number of rotatable bonds is 2. The molecule has 0 N–H and O–H groups in total. The van der Waals surface area contributed by atoms with E-state index >= 15 is 0 Å². The summed E-state index contributed by atoms with van der Waals surface area (Å²) in [6, 6.07) is 3.57. The second-order valence-corrected chi connectivity index (χ2v) is 3.28. The van der Waals surface area contributed by atoms with Crippen LogP contribution in [0.15, 0.2) is 18.3 Å². The topological polar surface area (TPSA) is 42.4 Å². The van der Waals surface area contributed by atoms with Crippen LogP contribution in [0.4, 0.5) is 0 Å². The van der Waals surface area contributed by atoms with E-state index in [0.717, 1.165) is 0 Å². The lowest BCUT2D eigenvalue weighted by atomic mass is 10.2. The molecule has 0 aromatic carbocycles. The molecule has 14 heavy (non-hydrogen) atoms. The largest absolute Gasteiger partial charge is 0.377 e. The Bertz CT molecular complexity index is 322. The van der Waals surface area contributed by atoms with Gasteiger partial charge in [0.05, 0.1) is 31.0 Å². The Hall–Kier alpha value is -1.42. The number of ether oxygens (including phenoxy) is 1. The fourth-order valence-corrected chi connectivity index (χ4v) is 1.26. The molecule has 1 aliphatic rings. The Labute approximate surface area is 82.5 Å². The van der Waals surface area contributed by atoms with Crippen molar-refractivity contribution in [3.8, 4) is 0 Å². The van der Waals surface area contributed by atoms with E-state index in [1.165, 1.54) is 6.20 Å². The van der Waals surface area contributed by atoms with Crippen LogP contribution in [0.2, 0.25) is 0 Å². The predicted molar refractivity (Wildman–Crippen MR) is 49.8 cm³/mol. The normalized spacial score (nSPS) is 16.1. The van der Waals surface area contributed by atoms with E-state index in [1.807, 2.05) is 0 Å². The van der Waals surface area contributed by atoms with Gasteiger partial charge >= 0.3 is 0 Å². The molecule has 1 aromatic rings. The summed E-state index contributed by atoms with van der Waals surface area (Å²) in [6.07, 6.45) is 4.16. The molecule has 0 unspecified atom stereocenters. The second-order valence-electron chi connectivity index (χ2n) is 3.28. The number of pyridine rings is 1. The predicted octanol–water partition coefficient (Wildman–Crippen LogP) is 0.353. The van der Waals surface area contributed by atoms with Crippen LogP contribution in [0.5, 0.6) is 0 Å². The summed E-state index contributed by atoms with van der Waals surface area (Å²) in [5.74, 6) is -0.0141. The van der Waals surface area contributed by atoms with E-state index in [2.05, 4.69) is 11.2 Å². The van der Waals surface area contributed by atoms with Gasteiger partial charge in [-0.3, -0.25) is 9.78 Å². The monoisotopic (exact) mass is 191 g/mol. The first kappa shape index (κ1) is 9.15. The summed E-state index contributed by atoms with van der Waals surface area (Å²) < 4.78 is 5.03. The third-order valence-corrected chi connectivity index (χ3v) is 2.35. The number of carbonyl (C=O) groups excluding carboxylic acids is 1. The highest BCUT2D eigenvalue weighted by molar-refractivity contribution is 5.93. The van der Waals surface area contributed by atoms with Gasteiger partial charge in [-0.05, 0) is 12.1 Å². The number of amides is 1. The van der Waals surface area contributed by atoms with Gasteiger partial charge in [0.1, 0.15) is 0 Å². The summed E-state index contributed by atoms with van der Waals surface area (Å²) >= 11 is 0. The van der Waals surface area contributed by atoms with Gasteiger partial charge in [0.25, 0.3) is 5.91 Å². The highest BCUT2D eigenvalue weighted by Crippen LogP contribution is 2.11. The van der Waals surface area contributed by atoms with E-state index in [1.54, 1.807) is 24.1 Å². The van der Waals surface area contributed by atoms with Gasteiger partial charge < -0.3 is 9.64 Å². The molecular weight excluding hydrogens is 180 g/mol. The van der Waals surface area contributed by atoms with Crippen LogP contribution in [-0.2, 0) is 4.74 Å². The van der Waals surface area contributed by atoms with Crippen molar-refractivity contribution >= 4 is 5.91 Å². The van der Waals surface area contributed by atoms with Crippen molar-refractivity contribution in [1.29, 1.82) is 0 Å². The zero-order chi connectivity index (χ0) is 9.97. The number of hydrogen-bond donors (Lipinski definition) is 0. The Balaban J connectivity index is 2.07. The third kappa shape index (κ3) is 1.61. The lowest BCUT2D eigenvalue weighted by molar-refractivity contribution is -0.0468. The first-order valence-electron chi connectivity index (χ1n) is 4.46.